The van der Waals surface area contributed by atoms with Gasteiger partial charge in [0.15, 0.2) is 0 Å². The van der Waals surface area contributed by atoms with Crippen LogP contribution in [0, 0.1) is 0 Å². The highest BCUT2D eigenvalue weighted by Gasteiger charge is 2.16. The third kappa shape index (κ3) is 4.72. The molecule has 0 N–H and O–H groups in total. The van der Waals surface area contributed by atoms with E-state index in [1.165, 1.54) is 4.57 Å². The van der Waals surface area contributed by atoms with Crippen LogP contribution in [0.4, 0.5) is 0 Å². The molecule has 3 heterocycles. The number of ether oxygens (including phenoxy) is 2. The molecule has 0 atom stereocenters. The topological polar surface area (TPSA) is 96.7 Å². The van der Waals surface area contributed by atoms with Crippen LogP contribution in [0.15, 0.2) is 76.3 Å². The second kappa shape index (κ2) is 10.5. The Hall–Kier alpha value is -4.40. The molecule has 0 amide bonds. The van der Waals surface area contributed by atoms with E-state index in [0.717, 1.165) is 29.7 Å². The molecule has 0 saturated heterocycles. The molecule has 0 fully saturated rings. The van der Waals surface area contributed by atoms with Gasteiger partial charge in [-0.2, -0.15) is 10.1 Å². The van der Waals surface area contributed by atoms with E-state index in [9.17, 15) is 4.79 Å². The van der Waals surface area contributed by atoms with E-state index in [-0.39, 0.29) is 12.1 Å². The Morgan fingerprint density at radius 2 is 1.69 bits per heavy atom. The van der Waals surface area contributed by atoms with Crippen LogP contribution < -0.4 is 15.0 Å². The second-order valence-corrected chi connectivity index (χ2v) is 8.23. The minimum absolute atomic E-state index is 0.135. The van der Waals surface area contributed by atoms with Gasteiger partial charge in [0, 0.05) is 18.0 Å². The second-order valence-electron chi connectivity index (χ2n) is 8.23. The summed E-state index contributed by atoms with van der Waals surface area (Å²) in [6, 6.07) is 17.0. The molecule has 5 aromatic rings. The monoisotopic (exact) mass is 485 g/mol. The molecule has 5 rings (SSSR count). The fraction of sp³-hybridized carbons (Fsp3) is 0.259. The summed E-state index contributed by atoms with van der Waals surface area (Å²) in [6.07, 6.45) is 5.42. The lowest BCUT2D eigenvalue weighted by molar-refractivity contribution is 0.310. The van der Waals surface area contributed by atoms with Crippen molar-refractivity contribution < 1.29 is 14.0 Å². The van der Waals surface area contributed by atoms with Crippen LogP contribution in [0.5, 0.6) is 11.5 Å². The predicted octanol–water partition coefficient (Wildman–Crippen LogP) is 4.84. The molecule has 9 nitrogen and oxygen atoms in total. The summed E-state index contributed by atoms with van der Waals surface area (Å²) in [5, 5.41) is 8.70. The Balaban J connectivity index is 1.42. The zero-order valence-electron chi connectivity index (χ0n) is 20.3. The molecule has 0 saturated carbocycles. The predicted molar refractivity (Wildman–Crippen MR) is 135 cm³/mol. The lowest BCUT2D eigenvalue weighted by atomic mass is 10.1. The van der Waals surface area contributed by atoms with Gasteiger partial charge in [-0.1, -0.05) is 42.8 Å². The molecule has 9 heteroatoms. The first-order chi connectivity index (χ1) is 17.7. The van der Waals surface area contributed by atoms with Gasteiger partial charge in [0.2, 0.25) is 11.7 Å². The number of aromatic nitrogens is 5. The zero-order valence-corrected chi connectivity index (χ0v) is 20.3. The molecular weight excluding hydrogens is 458 g/mol. The van der Waals surface area contributed by atoms with E-state index in [1.54, 1.807) is 23.0 Å². The fourth-order valence-corrected chi connectivity index (χ4v) is 3.92. The molecule has 2 aromatic carbocycles. The molecule has 0 aliphatic rings. The Kier molecular flexibility index (Phi) is 6.79. The van der Waals surface area contributed by atoms with Gasteiger partial charge in [0.1, 0.15) is 23.6 Å². The Bertz CT molecular complexity index is 1530. The van der Waals surface area contributed by atoms with Crippen LogP contribution in [0.3, 0.4) is 0 Å². The Labute approximate surface area is 207 Å². The highest BCUT2D eigenvalue weighted by molar-refractivity contribution is 5.71. The van der Waals surface area contributed by atoms with Gasteiger partial charge in [0.25, 0.3) is 5.56 Å². The number of nitrogens with zero attached hydrogens (tertiary/aromatic N) is 5. The molecule has 3 aromatic heterocycles. The first-order valence-corrected chi connectivity index (χ1v) is 12.0. The SMILES string of the molecule is CCCCOc1ccccc1-c1cc2c(=O)n(Cc3nc(-c4ccccc4OCC)no3)ccn2n1. The molecule has 184 valence electrons. The molecule has 0 radical (unpaired) electrons. The van der Waals surface area contributed by atoms with Crippen LogP contribution in [0.1, 0.15) is 32.6 Å². The van der Waals surface area contributed by atoms with Gasteiger partial charge >= 0.3 is 0 Å². The summed E-state index contributed by atoms with van der Waals surface area (Å²) >= 11 is 0. The number of benzene rings is 2. The van der Waals surface area contributed by atoms with Crippen molar-refractivity contribution in [1.82, 2.24) is 24.3 Å². The van der Waals surface area contributed by atoms with E-state index in [1.807, 2.05) is 55.5 Å². The van der Waals surface area contributed by atoms with Gasteiger partial charge in [-0.15, -0.1) is 0 Å². The number of hydrogen-bond acceptors (Lipinski definition) is 7. The van der Waals surface area contributed by atoms with Crippen molar-refractivity contribution in [3.05, 3.63) is 83.2 Å². The molecule has 0 aliphatic heterocycles. The van der Waals surface area contributed by atoms with Crippen molar-refractivity contribution in [2.75, 3.05) is 13.2 Å². The number of para-hydroxylation sites is 2. The van der Waals surface area contributed by atoms with Crippen molar-refractivity contribution in [2.24, 2.45) is 0 Å². The summed E-state index contributed by atoms with van der Waals surface area (Å²) in [5.41, 5.74) is 2.48. The van der Waals surface area contributed by atoms with E-state index in [4.69, 9.17) is 14.0 Å². The molecular formula is C27H27N5O4. The fourth-order valence-electron chi connectivity index (χ4n) is 3.92. The lowest BCUT2D eigenvalue weighted by Gasteiger charge is -2.09. The number of fused-ring (bicyclic) bond motifs is 1. The van der Waals surface area contributed by atoms with Gasteiger partial charge in [-0.05, 0) is 43.7 Å². The van der Waals surface area contributed by atoms with Crippen molar-refractivity contribution in [3.63, 3.8) is 0 Å². The minimum atomic E-state index is -0.213. The Morgan fingerprint density at radius 1 is 0.944 bits per heavy atom. The van der Waals surface area contributed by atoms with Crippen molar-refractivity contribution in [3.8, 4) is 34.1 Å². The summed E-state index contributed by atoms with van der Waals surface area (Å²) in [4.78, 5) is 17.7. The van der Waals surface area contributed by atoms with Crippen LogP contribution in [0.25, 0.3) is 28.2 Å². The summed E-state index contributed by atoms with van der Waals surface area (Å²) < 4.78 is 20.2. The third-order valence-corrected chi connectivity index (χ3v) is 5.72. The maximum Gasteiger partial charge on any atom is 0.277 e. The number of unbranched alkanes of at least 4 members (excludes halogenated alkanes) is 1. The summed E-state index contributed by atoms with van der Waals surface area (Å²) in [7, 11) is 0. The summed E-state index contributed by atoms with van der Waals surface area (Å²) in [6.45, 7) is 5.34. The number of rotatable bonds is 10. The normalized spacial score (nSPS) is 11.2. The van der Waals surface area contributed by atoms with Gasteiger partial charge in [0.05, 0.1) is 24.5 Å². The van der Waals surface area contributed by atoms with Crippen molar-refractivity contribution in [2.45, 2.75) is 33.2 Å². The van der Waals surface area contributed by atoms with Crippen LogP contribution in [-0.4, -0.2) is 37.5 Å². The molecule has 0 aliphatic carbocycles. The van der Waals surface area contributed by atoms with Crippen LogP contribution >= 0.6 is 0 Å². The first-order valence-electron chi connectivity index (χ1n) is 12.0. The minimum Gasteiger partial charge on any atom is -0.493 e. The first kappa shape index (κ1) is 23.3. The maximum atomic E-state index is 13.3. The maximum absolute atomic E-state index is 13.3. The van der Waals surface area contributed by atoms with E-state index >= 15 is 0 Å². The molecule has 0 unspecified atom stereocenters. The third-order valence-electron chi connectivity index (χ3n) is 5.72. The van der Waals surface area contributed by atoms with Crippen molar-refractivity contribution >= 4 is 5.52 Å². The summed E-state index contributed by atoms with van der Waals surface area (Å²) in [5.74, 6) is 2.16. The average molecular weight is 486 g/mol. The molecule has 0 bridgehead atoms. The largest absolute Gasteiger partial charge is 0.493 e. The average Bonchev–Trinajstić information content (AvgIpc) is 3.55. The van der Waals surface area contributed by atoms with Crippen molar-refractivity contribution in [1.29, 1.82) is 0 Å². The smallest absolute Gasteiger partial charge is 0.277 e. The van der Waals surface area contributed by atoms with Gasteiger partial charge < -0.3 is 18.6 Å². The number of hydrogen-bond donors (Lipinski definition) is 0. The van der Waals surface area contributed by atoms with E-state index in [0.29, 0.717) is 41.9 Å². The molecule has 0 spiro atoms. The van der Waals surface area contributed by atoms with Gasteiger partial charge in [-0.3, -0.25) is 4.79 Å². The van der Waals surface area contributed by atoms with E-state index < -0.39 is 0 Å². The standard InChI is InChI=1S/C27H27N5O4/c1-3-5-16-35-23-12-8-6-10-19(23)21-17-22-27(33)31(14-15-32(22)29-21)18-25-28-26(30-36-25)20-11-7-9-13-24(20)34-4-2/h6-15,17H,3-5,16,18H2,1-2H3. The highest BCUT2D eigenvalue weighted by atomic mass is 16.5. The molecule has 36 heavy (non-hydrogen) atoms. The Morgan fingerprint density at radius 3 is 2.47 bits per heavy atom. The quantitative estimate of drug-likeness (QED) is 0.261. The van der Waals surface area contributed by atoms with E-state index in [2.05, 4.69) is 22.2 Å². The van der Waals surface area contributed by atoms with Crippen LogP contribution in [0.2, 0.25) is 0 Å². The van der Waals surface area contributed by atoms with Crippen LogP contribution in [-0.2, 0) is 6.54 Å². The highest BCUT2D eigenvalue weighted by Crippen LogP contribution is 2.30. The van der Waals surface area contributed by atoms with Gasteiger partial charge in [-0.25, -0.2) is 4.52 Å². The lowest BCUT2D eigenvalue weighted by Crippen LogP contribution is -2.21. The zero-order chi connectivity index (χ0) is 24.9.